The highest BCUT2D eigenvalue weighted by atomic mass is 16.5. The van der Waals surface area contributed by atoms with E-state index in [2.05, 4.69) is 0 Å². The summed E-state index contributed by atoms with van der Waals surface area (Å²) in [5, 5.41) is 21.5. The van der Waals surface area contributed by atoms with Gasteiger partial charge in [-0.1, -0.05) is 6.07 Å². The smallest absolute Gasteiger partial charge is 0.295 e. The number of nitrogens with zero attached hydrogens (tertiary/aromatic N) is 2. The summed E-state index contributed by atoms with van der Waals surface area (Å²) in [5.74, 6) is -0.823. The molecule has 1 saturated heterocycles. The van der Waals surface area contributed by atoms with E-state index < -0.39 is 17.7 Å². The Labute approximate surface area is 200 Å². The minimum Gasteiger partial charge on any atom is -0.507 e. The van der Waals surface area contributed by atoms with Gasteiger partial charge in [0, 0.05) is 12.1 Å². The minimum atomic E-state index is -0.816. The fourth-order valence-electron chi connectivity index (χ4n) is 4.16. The maximum absolute atomic E-state index is 13.2. The molecule has 3 rings (SSSR count). The zero-order valence-electron chi connectivity index (χ0n) is 20.3. The van der Waals surface area contributed by atoms with E-state index in [0.29, 0.717) is 42.0 Å². The number of hydrogen-bond acceptors (Lipinski definition) is 7. The van der Waals surface area contributed by atoms with Gasteiger partial charge in [-0.15, -0.1) is 0 Å². The Morgan fingerprint density at radius 2 is 1.88 bits per heavy atom. The molecule has 2 aromatic carbocycles. The SMILES string of the molecule is CCOc1cc(C2C(=C(O)c3ccc(OC)cc3C)C(=O)C(=O)N2CCCN(C)C)ccc1O. The average Bonchev–Trinajstić information content (AvgIpc) is 3.05. The predicted molar refractivity (Wildman–Crippen MR) is 129 cm³/mol. The number of amides is 1. The standard InChI is InChI=1S/C26H32N2O6/c1-6-34-21-15-17(8-11-20(21)29)23-22(24(30)19-10-9-18(33-5)14-16(19)2)25(31)26(32)28(23)13-7-12-27(3)4/h8-11,14-15,23,29-30H,6-7,12-13H2,1-5H3. The van der Waals surface area contributed by atoms with Crippen molar-refractivity contribution in [2.24, 2.45) is 0 Å². The highest BCUT2D eigenvalue weighted by molar-refractivity contribution is 6.46. The molecule has 0 saturated carbocycles. The molecule has 1 heterocycles. The van der Waals surface area contributed by atoms with Crippen LogP contribution in [0, 0.1) is 6.92 Å². The molecular formula is C26H32N2O6. The van der Waals surface area contributed by atoms with Crippen molar-refractivity contribution in [2.75, 3.05) is 40.9 Å². The number of aromatic hydroxyl groups is 1. The monoisotopic (exact) mass is 468 g/mol. The van der Waals surface area contributed by atoms with E-state index in [1.807, 2.05) is 19.0 Å². The van der Waals surface area contributed by atoms with Crippen LogP contribution in [0.1, 0.15) is 36.1 Å². The maximum Gasteiger partial charge on any atom is 0.295 e. The van der Waals surface area contributed by atoms with Crippen molar-refractivity contribution < 1.29 is 29.3 Å². The lowest BCUT2D eigenvalue weighted by atomic mass is 9.93. The Bertz CT molecular complexity index is 1110. The fourth-order valence-corrected chi connectivity index (χ4v) is 4.16. The fraction of sp³-hybridized carbons (Fsp3) is 0.385. The first-order valence-electron chi connectivity index (χ1n) is 11.2. The third kappa shape index (κ3) is 5.02. The number of carbonyl (C=O) groups excluding carboxylic acids is 2. The summed E-state index contributed by atoms with van der Waals surface area (Å²) in [6.07, 6.45) is 0.647. The van der Waals surface area contributed by atoms with Crippen LogP contribution in [0.25, 0.3) is 5.76 Å². The second-order valence-electron chi connectivity index (χ2n) is 8.49. The van der Waals surface area contributed by atoms with Crippen LogP contribution in [0.3, 0.4) is 0 Å². The topological polar surface area (TPSA) is 99.5 Å². The number of likely N-dealkylation sites (tertiary alicyclic amines) is 1. The molecule has 0 aromatic heterocycles. The van der Waals surface area contributed by atoms with Crippen LogP contribution in [-0.2, 0) is 9.59 Å². The van der Waals surface area contributed by atoms with Crippen molar-refractivity contribution in [1.82, 2.24) is 9.80 Å². The highest BCUT2D eigenvalue weighted by Crippen LogP contribution is 2.42. The Kier molecular flexibility index (Phi) is 7.83. The van der Waals surface area contributed by atoms with Gasteiger partial charge in [0.15, 0.2) is 11.5 Å². The number of aliphatic hydroxyl groups excluding tert-OH is 1. The van der Waals surface area contributed by atoms with Gasteiger partial charge in [-0.2, -0.15) is 0 Å². The van der Waals surface area contributed by atoms with Crippen LogP contribution >= 0.6 is 0 Å². The summed E-state index contributed by atoms with van der Waals surface area (Å²) in [5.41, 5.74) is 1.73. The summed E-state index contributed by atoms with van der Waals surface area (Å²) >= 11 is 0. The number of carbonyl (C=O) groups is 2. The molecule has 2 aromatic rings. The lowest BCUT2D eigenvalue weighted by molar-refractivity contribution is -0.139. The van der Waals surface area contributed by atoms with E-state index in [1.165, 1.54) is 11.0 Å². The summed E-state index contributed by atoms with van der Waals surface area (Å²) < 4.78 is 10.8. The number of Topliss-reactive ketones (excluding diaryl/α,β-unsaturated/α-hetero) is 1. The molecule has 0 bridgehead atoms. The maximum atomic E-state index is 13.2. The first-order valence-corrected chi connectivity index (χ1v) is 11.2. The quantitative estimate of drug-likeness (QED) is 0.330. The van der Waals surface area contributed by atoms with Crippen molar-refractivity contribution in [1.29, 1.82) is 0 Å². The molecule has 1 unspecified atom stereocenters. The number of benzene rings is 2. The van der Waals surface area contributed by atoms with Crippen LogP contribution in [-0.4, -0.2) is 72.6 Å². The van der Waals surface area contributed by atoms with E-state index in [-0.39, 0.29) is 22.8 Å². The van der Waals surface area contributed by atoms with Gasteiger partial charge in [0.2, 0.25) is 0 Å². The van der Waals surface area contributed by atoms with Gasteiger partial charge in [0.05, 0.1) is 25.3 Å². The Morgan fingerprint density at radius 3 is 2.50 bits per heavy atom. The molecular weight excluding hydrogens is 436 g/mol. The van der Waals surface area contributed by atoms with Gasteiger partial charge >= 0.3 is 0 Å². The predicted octanol–water partition coefficient (Wildman–Crippen LogP) is 3.48. The van der Waals surface area contributed by atoms with Crippen molar-refractivity contribution in [3.05, 3.63) is 58.7 Å². The molecule has 1 fully saturated rings. The van der Waals surface area contributed by atoms with Crippen LogP contribution in [0.4, 0.5) is 0 Å². The molecule has 1 aliphatic heterocycles. The average molecular weight is 469 g/mol. The third-order valence-electron chi connectivity index (χ3n) is 5.83. The number of phenols is 1. The minimum absolute atomic E-state index is 0.0104. The lowest BCUT2D eigenvalue weighted by Crippen LogP contribution is -2.32. The number of rotatable bonds is 9. The number of hydrogen-bond donors (Lipinski definition) is 2. The zero-order chi connectivity index (χ0) is 25.0. The van der Waals surface area contributed by atoms with Gasteiger partial charge < -0.3 is 29.5 Å². The van der Waals surface area contributed by atoms with Gasteiger partial charge in [-0.3, -0.25) is 9.59 Å². The number of aryl methyl sites for hydroxylation is 1. The molecule has 2 N–H and O–H groups in total. The molecule has 182 valence electrons. The molecule has 34 heavy (non-hydrogen) atoms. The van der Waals surface area contributed by atoms with Crippen molar-refractivity contribution in [3.8, 4) is 17.2 Å². The van der Waals surface area contributed by atoms with Crippen LogP contribution < -0.4 is 9.47 Å². The first kappa shape index (κ1) is 25.1. The molecule has 1 amide bonds. The number of phenolic OH excluding ortho intramolecular Hbond substituents is 1. The Morgan fingerprint density at radius 1 is 1.15 bits per heavy atom. The summed E-state index contributed by atoms with van der Waals surface area (Å²) in [4.78, 5) is 29.8. The van der Waals surface area contributed by atoms with Crippen molar-refractivity contribution in [3.63, 3.8) is 0 Å². The number of ketones is 1. The van der Waals surface area contributed by atoms with Crippen LogP contribution in [0.2, 0.25) is 0 Å². The molecule has 1 atom stereocenters. The molecule has 0 radical (unpaired) electrons. The molecule has 0 spiro atoms. The number of aliphatic hydroxyl groups is 1. The van der Waals surface area contributed by atoms with E-state index in [9.17, 15) is 19.8 Å². The summed E-state index contributed by atoms with van der Waals surface area (Å²) in [6.45, 7) is 4.99. The van der Waals surface area contributed by atoms with Gasteiger partial charge in [0.1, 0.15) is 11.5 Å². The number of methoxy groups -OCH3 is 1. The Balaban J connectivity index is 2.16. The highest BCUT2D eigenvalue weighted by Gasteiger charge is 2.46. The van der Waals surface area contributed by atoms with Gasteiger partial charge in [0.25, 0.3) is 11.7 Å². The summed E-state index contributed by atoms with van der Waals surface area (Å²) in [6, 6.07) is 9.03. The Hall–Kier alpha value is -3.52. The van der Waals surface area contributed by atoms with Crippen LogP contribution in [0.15, 0.2) is 42.0 Å². The lowest BCUT2D eigenvalue weighted by Gasteiger charge is -2.26. The van der Waals surface area contributed by atoms with E-state index >= 15 is 0 Å². The van der Waals surface area contributed by atoms with Crippen molar-refractivity contribution in [2.45, 2.75) is 26.3 Å². The van der Waals surface area contributed by atoms with Gasteiger partial charge in [-0.05, 0) is 82.4 Å². The van der Waals surface area contributed by atoms with Crippen molar-refractivity contribution >= 4 is 17.4 Å². The van der Waals surface area contributed by atoms with E-state index in [4.69, 9.17) is 9.47 Å². The van der Waals surface area contributed by atoms with E-state index in [1.54, 1.807) is 51.3 Å². The van der Waals surface area contributed by atoms with E-state index in [0.717, 1.165) is 6.54 Å². The second-order valence-corrected chi connectivity index (χ2v) is 8.49. The molecule has 1 aliphatic rings. The first-order chi connectivity index (χ1) is 16.2. The van der Waals surface area contributed by atoms with Gasteiger partial charge in [-0.25, -0.2) is 0 Å². The normalized spacial score (nSPS) is 17.5. The largest absolute Gasteiger partial charge is 0.507 e. The number of ether oxygens (including phenoxy) is 2. The summed E-state index contributed by atoms with van der Waals surface area (Å²) in [7, 11) is 5.42. The third-order valence-corrected chi connectivity index (χ3v) is 5.83. The van der Waals surface area contributed by atoms with Crippen LogP contribution in [0.5, 0.6) is 17.2 Å². The molecule has 8 heteroatoms. The zero-order valence-corrected chi connectivity index (χ0v) is 20.3. The molecule has 8 nitrogen and oxygen atoms in total. The molecule has 0 aliphatic carbocycles. The second kappa shape index (κ2) is 10.6.